The Kier molecular flexibility index (Phi) is 7.08. The van der Waals surface area contributed by atoms with Crippen molar-refractivity contribution in [3.63, 3.8) is 0 Å². The van der Waals surface area contributed by atoms with Crippen LogP contribution in [0.2, 0.25) is 0 Å². The lowest BCUT2D eigenvalue weighted by molar-refractivity contribution is 0.235. The van der Waals surface area contributed by atoms with Gasteiger partial charge in [0.2, 0.25) is 0 Å². The van der Waals surface area contributed by atoms with E-state index in [-0.39, 0.29) is 35.9 Å². The van der Waals surface area contributed by atoms with Crippen LogP contribution < -0.4 is 15.4 Å². The monoisotopic (exact) mass is 507 g/mol. The number of aliphatic imine (C=N–C) groups is 1. The molecule has 2 heterocycles. The van der Waals surface area contributed by atoms with Crippen molar-refractivity contribution in [1.29, 1.82) is 0 Å². The first kappa shape index (κ1) is 21.1. The Balaban J connectivity index is 0.00000240. The highest BCUT2D eigenvalue weighted by molar-refractivity contribution is 14.0. The third-order valence-electron chi connectivity index (χ3n) is 4.69. The van der Waals surface area contributed by atoms with Crippen LogP contribution in [0.15, 0.2) is 66.2 Å². The molecule has 0 bridgehead atoms. The molecule has 0 aliphatic carbocycles. The molecule has 1 aromatic heterocycles. The van der Waals surface area contributed by atoms with Gasteiger partial charge in [0.1, 0.15) is 17.7 Å². The third-order valence-corrected chi connectivity index (χ3v) is 4.69. The van der Waals surface area contributed by atoms with E-state index in [2.05, 4.69) is 26.7 Å². The summed E-state index contributed by atoms with van der Waals surface area (Å²) < 4.78 is 21.9. The minimum absolute atomic E-state index is 0. The van der Waals surface area contributed by atoms with E-state index in [4.69, 9.17) is 4.74 Å². The van der Waals surface area contributed by atoms with Gasteiger partial charge >= 0.3 is 0 Å². The molecule has 1 aliphatic heterocycles. The molecular weight excluding hydrogens is 484 g/mol. The van der Waals surface area contributed by atoms with Gasteiger partial charge in [0.25, 0.3) is 0 Å². The summed E-state index contributed by atoms with van der Waals surface area (Å²) in [6.45, 7) is 1.11. The van der Waals surface area contributed by atoms with Crippen molar-refractivity contribution in [2.24, 2.45) is 4.99 Å². The van der Waals surface area contributed by atoms with Crippen molar-refractivity contribution in [3.05, 3.63) is 78.1 Å². The predicted molar refractivity (Wildman–Crippen MR) is 122 cm³/mol. The second-order valence-electron chi connectivity index (χ2n) is 6.61. The molecule has 1 atom stereocenters. The maximum absolute atomic E-state index is 14.4. The number of nitrogens with one attached hydrogen (secondary N) is 2. The highest BCUT2D eigenvalue weighted by Gasteiger charge is 2.22. The summed E-state index contributed by atoms with van der Waals surface area (Å²) in [4.78, 5) is 8.18. The number of rotatable bonds is 5. The number of nitrogens with zero attached hydrogens (tertiary/aromatic N) is 3. The van der Waals surface area contributed by atoms with Gasteiger partial charge in [0.15, 0.2) is 5.96 Å². The van der Waals surface area contributed by atoms with Crippen molar-refractivity contribution >= 4 is 29.9 Å². The molecule has 2 aromatic carbocycles. The zero-order chi connectivity index (χ0) is 19.3. The van der Waals surface area contributed by atoms with Crippen molar-refractivity contribution in [2.45, 2.75) is 19.1 Å². The van der Waals surface area contributed by atoms with Crippen LogP contribution >= 0.6 is 24.0 Å². The quantitative estimate of drug-likeness (QED) is 0.316. The summed E-state index contributed by atoms with van der Waals surface area (Å²) in [6.07, 6.45) is 5.86. The van der Waals surface area contributed by atoms with Crippen LogP contribution in [0.3, 0.4) is 0 Å². The molecule has 4 rings (SSSR count). The minimum Gasteiger partial charge on any atom is -0.488 e. The summed E-state index contributed by atoms with van der Waals surface area (Å²) in [5.41, 5.74) is 2.53. The van der Waals surface area contributed by atoms with Gasteiger partial charge in [-0.3, -0.25) is 4.99 Å². The lowest BCUT2D eigenvalue weighted by atomic mass is 10.1. The fourth-order valence-corrected chi connectivity index (χ4v) is 3.26. The molecular formula is C21H23FIN5O. The predicted octanol–water partition coefficient (Wildman–Crippen LogP) is 3.30. The third kappa shape index (κ3) is 5.06. The zero-order valence-electron chi connectivity index (χ0n) is 16.0. The van der Waals surface area contributed by atoms with Crippen molar-refractivity contribution in [2.75, 3.05) is 13.6 Å². The lowest BCUT2D eigenvalue weighted by Gasteiger charge is -2.16. The molecule has 6 nitrogen and oxygen atoms in total. The fourth-order valence-electron chi connectivity index (χ4n) is 3.26. The van der Waals surface area contributed by atoms with E-state index >= 15 is 0 Å². The molecule has 8 heteroatoms. The van der Waals surface area contributed by atoms with E-state index < -0.39 is 0 Å². The molecule has 2 N–H and O–H groups in total. The molecule has 3 aromatic rings. The normalized spacial score (nSPS) is 15.2. The van der Waals surface area contributed by atoms with Crippen molar-refractivity contribution in [3.8, 4) is 11.4 Å². The first-order valence-electron chi connectivity index (χ1n) is 9.19. The second kappa shape index (κ2) is 9.73. The minimum atomic E-state index is -0.294. The van der Waals surface area contributed by atoms with Crippen LogP contribution in [0.1, 0.15) is 11.1 Å². The standard InChI is InChI=1S/C21H22FN5O.HI/c1-23-21(26-13-17-11-16-4-2-3-5-20(16)28-17)25-12-15-6-7-19(18(22)10-15)27-9-8-24-14-27;/h2-10,14,17H,11-13H2,1H3,(H2,23,25,26);1H. The Hall–Kier alpha value is -2.62. The SMILES string of the molecule is CN=C(NCc1ccc(-n2ccnc2)c(F)c1)NCC1Cc2ccccc2O1.I. The zero-order valence-corrected chi connectivity index (χ0v) is 18.3. The Labute approximate surface area is 186 Å². The van der Waals surface area contributed by atoms with Gasteiger partial charge in [0, 0.05) is 32.4 Å². The highest BCUT2D eigenvalue weighted by atomic mass is 127. The number of hydrogen-bond acceptors (Lipinski definition) is 3. The van der Waals surface area contributed by atoms with E-state index in [0.29, 0.717) is 24.7 Å². The van der Waals surface area contributed by atoms with E-state index in [0.717, 1.165) is 17.7 Å². The van der Waals surface area contributed by atoms with Crippen molar-refractivity contribution < 1.29 is 9.13 Å². The lowest BCUT2D eigenvalue weighted by Crippen LogP contribution is -2.41. The van der Waals surface area contributed by atoms with Gasteiger partial charge < -0.3 is 19.9 Å². The summed E-state index contributed by atoms with van der Waals surface area (Å²) in [5.74, 6) is 1.31. The highest BCUT2D eigenvalue weighted by Crippen LogP contribution is 2.27. The summed E-state index contributed by atoms with van der Waals surface area (Å²) in [6, 6.07) is 13.2. The molecule has 1 unspecified atom stereocenters. The van der Waals surface area contributed by atoms with Crippen LogP contribution in [0.25, 0.3) is 5.69 Å². The van der Waals surface area contributed by atoms with Gasteiger partial charge in [-0.05, 0) is 29.3 Å². The molecule has 29 heavy (non-hydrogen) atoms. The van der Waals surface area contributed by atoms with E-state index in [1.165, 1.54) is 11.6 Å². The van der Waals surface area contributed by atoms with E-state index in [1.807, 2.05) is 24.3 Å². The van der Waals surface area contributed by atoms with Crippen LogP contribution in [-0.2, 0) is 13.0 Å². The first-order chi connectivity index (χ1) is 13.7. The summed E-state index contributed by atoms with van der Waals surface area (Å²) in [5, 5.41) is 6.48. The smallest absolute Gasteiger partial charge is 0.191 e. The number of imidazole rings is 1. The number of guanidine groups is 1. The number of hydrogen-bond donors (Lipinski definition) is 2. The molecule has 0 radical (unpaired) electrons. The van der Waals surface area contributed by atoms with Gasteiger partial charge in [-0.15, -0.1) is 24.0 Å². The van der Waals surface area contributed by atoms with Crippen LogP contribution in [0.5, 0.6) is 5.75 Å². The van der Waals surface area contributed by atoms with Gasteiger partial charge in [-0.2, -0.15) is 0 Å². The van der Waals surface area contributed by atoms with E-state index in [1.54, 1.807) is 36.4 Å². The van der Waals surface area contributed by atoms with Crippen LogP contribution in [0.4, 0.5) is 4.39 Å². The van der Waals surface area contributed by atoms with Gasteiger partial charge in [-0.25, -0.2) is 9.37 Å². The molecule has 1 aliphatic rings. The molecule has 152 valence electrons. The Bertz CT molecular complexity index is 952. The number of benzene rings is 2. The average molecular weight is 507 g/mol. The van der Waals surface area contributed by atoms with Crippen molar-refractivity contribution in [1.82, 2.24) is 20.2 Å². The van der Waals surface area contributed by atoms with Gasteiger partial charge in [0.05, 0.1) is 18.6 Å². The number of aromatic nitrogens is 2. The fraction of sp³-hybridized carbons (Fsp3) is 0.238. The van der Waals surface area contributed by atoms with Crippen LogP contribution in [0, 0.1) is 5.82 Å². The van der Waals surface area contributed by atoms with Crippen LogP contribution in [-0.4, -0.2) is 35.2 Å². The number of para-hydroxylation sites is 1. The summed E-state index contributed by atoms with van der Waals surface area (Å²) in [7, 11) is 1.71. The van der Waals surface area contributed by atoms with Gasteiger partial charge in [-0.1, -0.05) is 24.3 Å². The number of fused-ring (bicyclic) bond motifs is 1. The number of ether oxygens (including phenoxy) is 1. The van der Waals surface area contributed by atoms with E-state index in [9.17, 15) is 4.39 Å². The Morgan fingerprint density at radius 2 is 2.14 bits per heavy atom. The topological polar surface area (TPSA) is 63.5 Å². The maximum Gasteiger partial charge on any atom is 0.191 e. The second-order valence-corrected chi connectivity index (χ2v) is 6.61. The largest absolute Gasteiger partial charge is 0.488 e. The summed E-state index contributed by atoms with van der Waals surface area (Å²) >= 11 is 0. The average Bonchev–Trinajstić information content (AvgIpc) is 3.37. The molecule has 0 spiro atoms. The maximum atomic E-state index is 14.4. The molecule has 0 amide bonds. The molecule has 0 fully saturated rings. The first-order valence-corrected chi connectivity index (χ1v) is 9.19. The number of halogens is 2. The Morgan fingerprint density at radius 3 is 2.86 bits per heavy atom. The Morgan fingerprint density at radius 1 is 1.28 bits per heavy atom. The molecule has 0 saturated heterocycles. The molecule has 0 saturated carbocycles.